The van der Waals surface area contributed by atoms with Crippen LogP contribution in [0.1, 0.15) is 21.9 Å². The van der Waals surface area contributed by atoms with Crippen molar-refractivity contribution in [1.29, 1.82) is 5.41 Å². The third-order valence-corrected chi connectivity index (χ3v) is 5.71. The summed E-state index contributed by atoms with van der Waals surface area (Å²) in [7, 11) is 1.81. The number of nitrogens with one attached hydrogen (secondary N) is 2. The summed E-state index contributed by atoms with van der Waals surface area (Å²) in [6, 6.07) is 13.3. The van der Waals surface area contributed by atoms with Crippen LogP contribution in [0.4, 0.5) is 24.7 Å². The Balaban J connectivity index is 1.49. The second kappa shape index (κ2) is 8.15. The molecule has 10 nitrogen and oxygen atoms in total. The Labute approximate surface area is 200 Å². The van der Waals surface area contributed by atoms with E-state index in [1.54, 1.807) is 39.7 Å². The molecule has 0 saturated carbocycles. The van der Waals surface area contributed by atoms with Crippen molar-refractivity contribution in [2.24, 2.45) is 7.05 Å². The van der Waals surface area contributed by atoms with Gasteiger partial charge >= 0.3 is 6.18 Å². The van der Waals surface area contributed by atoms with Gasteiger partial charge in [0.2, 0.25) is 0 Å². The van der Waals surface area contributed by atoms with Gasteiger partial charge in [0.15, 0.2) is 17.1 Å². The first kappa shape index (κ1) is 23.0. The molecule has 0 aliphatic heterocycles. The van der Waals surface area contributed by atoms with Gasteiger partial charge in [0, 0.05) is 30.6 Å². The van der Waals surface area contributed by atoms with Gasteiger partial charge in [0.25, 0.3) is 5.91 Å². The van der Waals surface area contributed by atoms with E-state index in [-0.39, 0.29) is 22.7 Å². The first-order chi connectivity index (χ1) is 17.0. The molecule has 0 radical (unpaired) electrons. The van der Waals surface area contributed by atoms with E-state index in [4.69, 9.17) is 15.7 Å². The summed E-state index contributed by atoms with van der Waals surface area (Å²) in [5.74, 6) is -0.740. The number of fused-ring (bicyclic) bond motifs is 1. The summed E-state index contributed by atoms with van der Waals surface area (Å²) < 4.78 is 49.8. The Kier molecular flexibility index (Phi) is 5.20. The largest absolute Gasteiger partial charge is 0.435 e. The molecule has 0 saturated heterocycles. The molecular weight excluding hydrogens is 477 g/mol. The summed E-state index contributed by atoms with van der Waals surface area (Å²) in [6.07, 6.45) is -4.76. The van der Waals surface area contributed by atoms with Gasteiger partial charge in [-0.25, -0.2) is 9.36 Å². The van der Waals surface area contributed by atoms with Gasteiger partial charge in [-0.2, -0.15) is 18.3 Å². The number of anilines is 2. The molecule has 0 fully saturated rings. The topological polar surface area (TPSA) is 133 Å². The Morgan fingerprint density at radius 3 is 2.42 bits per heavy atom. The molecule has 0 aliphatic carbocycles. The maximum atomic E-state index is 13.5. The molecular formula is C23H19F3N8O2. The molecule has 3 aromatic heterocycles. The fraction of sp³-hybridized carbons (Fsp3) is 0.130. The quantitative estimate of drug-likeness (QED) is 0.348. The summed E-state index contributed by atoms with van der Waals surface area (Å²) in [4.78, 5) is 13.1. The van der Waals surface area contributed by atoms with Crippen LogP contribution in [0.15, 0.2) is 59.1 Å². The minimum atomic E-state index is -4.76. The van der Waals surface area contributed by atoms with E-state index in [0.29, 0.717) is 28.4 Å². The van der Waals surface area contributed by atoms with Crippen LogP contribution in [0.3, 0.4) is 0 Å². The van der Waals surface area contributed by atoms with Gasteiger partial charge in [0.05, 0.1) is 16.8 Å². The molecule has 184 valence electrons. The van der Waals surface area contributed by atoms with Crippen molar-refractivity contribution in [3.63, 3.8) is 0 Å². The highest BCUT2D eigenvalue weighted by atomic mass is 19.4. The third-order valence-electron chi connectivity index (χ3n) is 5.71. The average Bonchev–Trinajstić information content (AvgIpc) is 3.50. The molecule has 5 aromatic rings. The van der Waals surface area contributed by atoms with Crippen molar-refractivity contribution in [3.8, 4) is 11.4 Å². The number of hydrogen-bond acceptors (Lipinski definition) is 6. The molecule has 2 aromatic carbocycles. The highest BCUT2D eigenvalue weighted by Gasteiger charge is 2.36. The normalized spacial score (nSPS) is 11.8. The number of aromatic nitrogens is 5. The van der Waals surface area contributed by atoms with E-state index in [9.17, 15) is 18.0 Å². The molecule has 0 bridgehead atoms. The molecule has 0 atom stereocenters. The van der Waals surface area contributed by atoms with Crippen LogP contribution >= 0.6 is 0 Å². The molecule has 1 amide bonds. The predicted molar refractivity (Wildman–Crippen MR) is 124 cm³/mol. The number of alkyl halides is 3. The first-order valence-electron chi connectivity index (χ1n) is 10.6. The molecule has 13 heteroatoms. The van der Waals surface area contributed by atoms with E-state index in [0.717, 1.165) is 10.4 Å². The highest BCUT2D eigenvalue weighted by Crippen LogP contribution is 2.31. The number of carbonyl (C=O) groups excluding carboxylic acids is 1. The number of nitrogen functional groups attached to an aromatic ring is 1. The Morgan fingerprint density at radius 1 is 1.08 bits per heavy atom. The van der Waals surface area contributed by atoms with Gasteiger partial charge in [-0.3, -0.25) is 14.9 Å². The number of carbonyl (C=O) groups is 1. The maximum absolute atomic E-state index is 13.5. The van der Waals surface area contributed by atoms with Gasteiger partial charge in [-0.15, -0.1) is 0 Å². The Morgan fingerprint density at radius 2 is 1.78 bits per heavy atom. The third kappa shape index (κ3) is 3.89. The van der Waals surface area contributed by atoms with E-state index in [1.165, 1.54) is 18.2 Å². The van der Waals surface area contributed by atoms with Crippen molar-refractivity contribution in [1.82, 2.24) is 24.3 Å². The first-order valence-corrected chi connectivity index (χ1v) is 10.6. The van der Waals surface area contributed by atoms with Crippen molar-refractivity contribution >= 4 is 28.4 Å². The monoisotopic (exact) mass is 496 g/mol. The zero-order valence-electron chi connectivity index (χ0n) is 19.0. The zero-order valence-corrected chi connectivity index (χ0v) is 19.0. The van der Waals surface area contributed by atoms with Gasteiger partial charge in [0.1, 0.15) is 11.2 Å². The molecule has 0 spiro atoms. The second-order valence-corrected chi connectivity index (χ2v) is 8.08. The SMILES string of the molecule is Cc1cc(=N)n(-c2ccc(NC(=O)c3cc(C(F)(F)F)nn3-c3ccc4onc(N)c4c3)cc2)n1C. The number of amides is 1. The number of aryl methyl sites for hydroxylation is 1. The van der Waals surface area contributed by atoms with Crippen molar-refractivity contribution in [2.45, 2.75) is 13.1 Å². The number of hydrogen-bond donors (Lipinski definition) is 3. The van der Waals surface area contributed by atoms with Crippen LogP contribution in [0.25, 0.3) is 22.3 Å². The maximum Gasteiger partial charge on any atom is 0.435 e. The fourth-order valence-electron chi connectivity index (χ4n) is 3.82. The molecule has 0 unspecified atom stereocenters. The summed E-state index contributed by atoms with van der Waals surface area (Å²) in [5, 5.41) is 18.3. The van der Waals surface area contributed by atoms with E-state index >= 15 is 0 Å². The fourth-order valence-corrected chi connectivity index (χ4v) is 3.82. The molecule has 4 N–H and O–H groups in total. The smallest absolute Gasteiger partial charge is 0.380 e. The Bertz CT molecular complexity index is 1670. The van der Waals surface area contributed by atoms with Crippen LogP contribution in [0.2, 0.25) is 0 Å². The van der Waals surface area contributed by atoms with Gasteiger partial charge < -0.3 is 15.6 Å². The molecule has 3 heterocycles. The highest BCUT2D eigenvalue weighted by molar-refractivity contribution is 6.03. The van der Waals surface area contributed by atoms with E-state index < -0.39 is 17.8 Å². The number of rotatable bonds is 4. The van der Waals surface area contributed by atoms with E-state index in [1.807, 2.05) is 14.0 Å². The van der Waals surface area contributed by atoms with Gasteiger partial charge in [-0.05, 0) is 49.4 Å². The predicted octanol–water partition coefficient (Wildman–Crippen LogP) is 3.78. The van der Waals surface area contributed by atoms with Crippen LogP contribution in [-0.2, 0) is 13.2 Å². The second-order valence-electron chi connectivity index (χ2n) is 8.08. The van der Waals surface area contributed by atoms with Crippen LogP contribution in [0, 0.1) is 12.3 Å². The lowest BCUT2D eigenvalue weighted by Gasteiger charge is -2.11. The lowest BCUT2D eigenvalue weighted by atomic mass is 10.2. The zero-order chi connectivity index (χ0) is 25.8. The molecule has 0 aliphatic rings. The minimum Gasteiger partial charge on any atom is -0.380 e. The lowest BCUT2D eigenvalue weighted by molar-refractivity contribution is -0.141. The van der Waals surface area contributed by atoms with Crippen molar-refractivity contribution < 1.29 is 22.5 Å². The van der Waals surface area contributed by atoms with Gasteiger partial charge in [-0.1, -0.05) is 5.16 Å². The van der Waals surface area contributed by atoms with Crippen LogP contribution in [-0.4, -0.2) is 30.2 Å². The Hall–Kier alpha value is -4.81. The number of nitrogens with zero attached hydrogens (tertiary/aromatic N) is 5. The van der Waals surface area contributed by atoms with Crippen molar-refractivity contribution in [3.05, 3.63) is 77.2 Å². The summed E-state index contributed by atoms with van der Waals surface area (Å²) in [6.45, 7) is 1.87. The van der Waals surface area contributed by atoms with E-state index in [2.05, 4.69) is 15.6 Å². The molecule has 36 heavy (non-hydrogen) atoms. The van der Waals surface area contributed by atoms with Crippen LogP contribution < -0.4 is 16.5 Å². The lowest BCUT2D eigenvalue weighted by Crippen LogP contribution is -2.20. The summed E-state index contributed by atoms with van der Waals surface area (Å²) in [5.41, 5.74) is 6.91. The molecule has 5 rings (SSSR count). The summed E-state index contributed by atoms with van der Waals surface area (Å²) >= 11 is 0. The number of benzene rings is 2. The van der Waals surface area contributed by atoms with Crippen molar-refractivity contribution in [2.75, 3.05) is 11.1 Å². The minimum absolute atomic E-state index is 0.0586. The number of nitrogens with two attached hydrogens (primary N) is 1. The van der Waals surface area contributed by atoms with Crippen LogP contribution in [0.5, 0.6) is 0 Å². The number of halogens is 3. The average molecular weight is 496 g/mol. The standard InChI is InChI=1S/C23H19F3N8O2/c1-12-9-20(27)34(32(12)2)14-5-3-13(4-6-14)29-22(35)17-11-19(23(24,25)26)30-33(17)15-7-8-18-16(10-15)21(28)31-36-18/h3-11,27H,1-2H3,(H2,28,31)(H,29,35).